The van der Waals surface area contributed by atoms with E-state index in [9.17, 15) is 26.4 Å². The predicted octanol–water partition coefficient (Wildman–Crippen LogP) is 4.30. The van der Waals surface area contributed by atoms with Crippen molar-refractivity contribution in [1.29, 1.82) is 0 Å². The van der Waals surface area contributed by atoms with Gasteiger partial charge in [0.25, 0.3) is 0 Å². The van der Waals surface area contributed by atoms with Crippen LogP contribution in [0.1, 0.15) is 49.2 Å². The third-order valence-corrected chi connectivity index (χ3v) is 8.47. The molecule has 0 spiro atoms. The van der Waals surface area contributed by atoms with Crippen LogP contribution in [-0.4, -0.2) is 47.0 Å². The molecule has 1 aromatic carbocycles. The lowest BCUT2D eigenvalue weighted by Gasteiger charge is -2.27. The summed E-state index contributed by atoms with van der Waals surface area (Å²) in [7, 11) is -3.70. The van der Waals surface area contributed by atoms with Gasteiger partial charge in [0.15, 0.2) is 15.6 Å². The Morgan fingerprint density at radius 1 is 1.18 bits per heavy atom. The average molecular weight is 480 g/mol. The van der Waals surface area contributed by atoms with Gasteiger partial charge < -0.3 is 4.90 Å². The number of benzene rings is 1. The zero-order chi connectivity index (χ0) is 24.1. The summed E-state index contributed by atoms with van der Waals surface area (Å²) in [5.74, 6) is -2.52. The summed E-state index contributed by atoms with van der Waals surface area (Å²) in [6.45, 7) is 4.54. The number of sulfone groups is 1. The summed E-state index contributed by atoms with van der Waals surface area (Å²) in [5.41, 5.74) is 1.01. The van der Waals surface area contributed by atoms with Gasteiger partial charge in [0.1, 0.15) is 23.6 Å². The molecule has 1 saturated heterocycles. The molecule has 176 valence electrons. The van der Waals surface area contributed by atoms with Gasteiger partial charge in [-0.05, 0) is 51.1 Å². The number of carbonyl (C=O) groups excluding carboxylic acids is 1. The monoisotopic (exact) mass is 479 g/mol. The number of Topliss-reactive ketones (excluding diaryl/α,β-unsaturated/α-hetero) is 1. The molecule has 0 aliphatic carbocycles. The SMILES string of the molecule is CC(C)(C)S(=O)(=O)CC(=O)c1cnn2ccc(N3C[C@@H](F)C[C@@H]3c3cc(F)ccc3F)cc12. The van der Waals surface area contributed by atoms with E-state index < -0.39 is 50.0 Å². The van der Waals surface area contributed by atoms with Gasteiger partial charge >= 0.3 is 0 Å². The molecule has 1 aliphatic heterocycles. The van der Waals surface area contributed by atoms with Gasteiger partial charge in [-0.25, -0.2) is 26.1 Å². The van der Waals surface area contributed by atoms with Crippen LogP contribution in [0, 0.1) is 11.6 Å². The third kappa shape index (κ3) is 4.36. The Labute approximate surface area is 189 Å². The van der Waals surface area contributed by atoms with Crippen molar-refractivity contribution < 1.29 is 26.4 Å². The second-order valence-electron chi connectivity index (χ2n) is 9.23. The second kappa shape index (κ2) is 8.16. The molecule has 2 aromatic heterocycles. The number of hydrogen-bond donors (Lipinski definition) is 0. The van der Waals surface area contributed by atoms with Crippen molar-refractivity contribution in [2.75, 3.05) is 17.2 Å². The van der Waals surface area contributed by atoms with Crippen LogP contribution >= 0.6 is 0 Å². The molecule has 2 atom stereocenters. The van der Waals surface area contributed by atoms with Crippen molar-refractivity contribution in [3.63, 3.8) is 0 Å². The first kappa shape index (κ1) is 23.3. The highest BCUT2D eigenvalue weighted by Crippen LogP contribution is 2.39. The van der Waals surface area contributed by atoms with E-state index in [2.05, 4.69) is 5.10 Å². The molecule has 10 heteroatoms. The van der Waals surface area contributed by atoms with Crippen molar-refractivity contribution in [2.24, 2.45) is 0 Å². The molecule has 3 aromatic rings. The Morgan fingerprint density at radius 3 is 2.61 bits per heavy atom. The largest absolute Gasteiger partial charge is 0.361 e. The predicted molar refractivity (Wildman–Crippen MR) is 119 cm³/mol. The number of hydrogen-bond acceptors (Lipinski definition) is 5. The molecule has 0 unspecified atom stereocenters. The minimum absolute atomic E-state index is 0.0135. The standard InChI is InChI=1S/C23H24F3N3O3S/c1-23(2,3)33(31,32)13-22(30)18-11-27-29-7-6-16(10-21(18)29)28-12-15(25)9-20(28)17-8-14(24)4-5-19(17)26/h4-8,10-11,15,20H,9,12-13H2,1-3H3/t15-,20+/m0/s1. The summed E-state index contributed by atoms with van der Waals surface area (Å²) in [6.07, 6.45) is 1.59. The molecule has 6 nitrogen and oxygen atoms in total. The van der Waals surface area contributed by atoms with E-state index >= 15 is 0 Å². The van der Waals surface area contributed by atoms with Crippen LogP contribution < -0.4 is 4.90 Å². The van der Waals surface area contributed by atoms with Crippen molar-refractivity contribution in [2.45, 2.75) is 44.2 Å². The van der Waals surface area contributed by atoms with Crippen molar-refractivity contribution >= 4 is 26.8 Å². The number of pyridine rings is 1. The minimum atomic E-state index is -3.70. The summed E-state index contributed by atoms with van der Waals surface area (Å²) in [5, 5.41) is 4.12. The Bertz CT molecular complexity index is 1330. The van der Waals surface area contributed by atoms with Gasteiger partial charge in [0.2, 0.25) is 0 Å². The first-order valence-electron chi connectivity index (χ1n) is 10.5. The molecular weight excluding hydrogens is 455 g/mol. The summed E-state index contributed by atoms with van der Waals surface area (Å²) >= 11 is 0. The first-order chi connectivity index (χ1) is 15.4. The van der Waals surface area contributed by atoms with E-state index in [1.807, 2.05) is 0 Å². The number of aromatic nitrogens is 2. The lowest BCUT2D eigenvalue weighted by atomic mass is 10.0. The molecule has 1 fully saturated rings. The van der Waals surface area contributed by atoms with E-state index in [0.29, 0.717) is 11.2 Å². The zero-order valence-electron chi connectivity index (χ0n) is 18.4. The molecule has 0 radical (unpaired) electrons. The number of fused-ring (bicyclic) bond motifs is 1. The number of rotatable bonds is 5. The summed E-state index contributed by atoms with van der Waals surface area (Å²) in [4.78, 5) is 14.5. The molecule has 0 N–H and O–H groups in total. The average Bonchev–Trinajstić information content (AvgIpc) is 3.31. The fraction of sp³-hybridized carbons (Fsp3) is 0.391. The van der Waals surface area contributed by atoms with Crippen LogP contribution in [0.2, 0.25) is 0 Å². The summed E-state index contributed by atoms with van der Waals surface area (Å²) < 4.78 is 67.9. The zero-order valence-corrected chi connectivity index (χ0v) is 19.2. The Kier molecular flexibility index (Phi) is 5.76. The quantitative estimate of drug-likeness (QED) is 0.511. The highest BCUT2D eigenvalue weighted by Gasteiger charge is 2.36. The van der Waals surface area contributed by atoms with Crippen molar-refractivity contribution in [1.82, 2.24) is 9.61 Å². The number of ketones is 1. The van der Waals surface area contributed by atoms with E-state index in [-0.39, 0.29) is 24.1 Å². The third-order valence-electron chi connectivity index (χ3n) is 5.96. The molecular formula is C23H24F3N3O3S. The minimum Gasteiger partial charge on any atom is -0.361 e. The van der Waals surface area contributed by atoms with Crippen LogP contribution in [0.5, 0.6) is 0 Å². The molecule has 0 amide bonds. The first-order valence-corrected chi connectivity index (χ1v) is 12.1. The number of alkyl halides is 1. The van der Waals surface area contributed by atoms with Crippen LogP contribution in [0.15, 0.2) is 42.7 Å². The van der Waals surface area contributed by atoms with E-state index in [1.54, 1.807) is 23.2 Å². The smallest absolute Gasteiger partial charge is 0.181 e. The maximum atomic E-state index is 14.4. The van der Waals surface area contributed by atoms with Gasteiger partial charge in [-0.1, -0.05) is 0 Å². The maximum absolute atomic E-state index is 14.4. The van der Waals surface area contributed by atoms with Gasteiger partial charge in [-0.2, -0.15) is 5.10 Å². The summed E-state index contributed by atoms with van der Waals surface area (Å²) in [6, 6.07) is 5.58. The second-order valence-corrected chi connectivity index (χ2v) is 12.0. The highest BCUT2D eigenvalue weighted by atomic mass is 32.2. The fourth-order valence-electron chi connectivity index (χ4n) is 3.96. The van der Waals surface area contributed by atoms with Crippen LogP contribution in [0.3, 0.4) is 0 Å². The van der Waals surface area contributed by atoms with Crippen LogP contribution in [0.25, 0.3) is 5.52 Å². The molecule has 0 saturated carbocycles. The van der Waals surface area contributed by atoms with Gasteiger partial charge in [-0.15, -0.1) is 0 Å². The molecule has 1 aliphatic rings. The molecule has 4 rings (SSSR count). The van der Waals surface area contributed by atoms with Gasteiger partial charge in [0, 0.05) is 30.4 Å². The van der Waals surface area contributed by atoms with Gasteiger partial charge in [0.05, 0.1) is 28.1 Å². The number of carbonyl (C=O) groups is 1. The van der Waals surface area contributed by atoms with E-state index in [1.165, 1.54) is 31.5 Å². The number of halogens is 3. The van der Waals surface area contributed by atoms with Crippen LogP contribution in [-0.2, 0) is 9.84 Å². The maximum Gasteiger partial charge on any atom is 0.181 e. The van der Waals surface area contributed by atoms with Crippen molar-refractivity contribution in [3.8, 4) is 0 Å². The molecule has 33 heavy (non-hydrogen) atoms. The lowest BCUT2D eigenvalue weighted by Crippen LogP contribution is -2.33. The fourth-order valence-corrected chi connectivity index (χ4v) is 4.90. The molecule has 3 heterocycles. The van der Waals surface area contributed by atoms with Crippen LogP contribution in [0.4, 0.5) is 18.9 Å². The Hall–Kier alpha value is -2.88. The Morgan fingerprint density at radius 2 is 1.91 bits per heavy atom. The topological polar surface area (TPSA) is 71.7 Å². The van der Waals surface area contributed by atoms with E-state index in [4.69, 9.17) is 0 Å². The Balaban J connectivity index is 1.72. The van der Waals surface area contributed by atoms with Gasteiger partial charge in [-0.3, -0.25) is 4.79 Å². The highest BCUT2D eigenvalue weighted by molar-refractivity contribution is 7.93. The number of anilines is 1. The number of nitrogens with zero attached hydrogens (tertiary/aromatic N) is 3. The molecule has 0 bridgehead atoms. The lowest BCUT2D eigenvalue weighted by molar-refractivity contribution is 0.102. The van der Waals surface area contributed by atoms with E-state index in [0.717, 1.165) is 18.2 Å². The van der Waals surface area contributed by atoms with Crippen molar-refractivity contribution in [3.05, 3.63) is 65.5 Å². The normalized spacial score (nSPS) is 19.4.